The molecule has 0 aliphatic rings. The number of hydrogen-bond acceptors (Lipinski definition) is 4. The third kappa shape index (κ3) is 4.64. The van der Waals surface area contributed by atoms with Crippen molar-refractivity contribution in [1.82, 2.24) is 15.3 Å². The molecule has 0 bridgehead atoms. The van der Waals surface area contributed by atoms with E-state index in [1.807, 2.05) is 48.5 Å². The molecular formula is C20H19N3O2. The van der Waals surface area contributed by atoms with Crippen LogP contribution in [0.5, 0.6) is 5.75 Å². The molecule has 1 amide bonds. The van der Waals surface area contributed by atoms with Crippen molar-refractivity contribution in [1.29, 1.82) is 0 Å². The number of nitrogens with zero attached hydrogens (tertiary/aromatic N) is 2. The fourth-order valence-electron chi connectivity index (χ4n) is 2.45. The molecule has 3 aromatic rings. The summed E-state index contributed by atoms with van der Waals surface area (Å²) in [6, 6.07) is 17.1. The molecule has 126 valence electrons. The number of aromatic nitrogens is 2. The van der Waals surface area contributed by atoms with Crippen LogP contribution in [0, 0.1) is 0 Å². The third-order valence-corrected chi connectivity index (χ3v) is 3.66. The van der Waals surface area contributed by atoms with Gasteiger partial charge in [0.05, 0.1) is 6.61 Å². The monoisotopic (exact) mass is 333 g/mol. The van der Waals surface area contributed by atoms with Crippen LogP contribution in [0.3, 0.4) is 0 Å². The Kier molecular flexibility index (Phi) is 5.72. The highest BCUT2D eigenvalue weighted by molar-refractivity contribution is 6.00. The molecule has 25 heavy (non-hydrogen) atoms. The van der Waals surface area contributed by atoms with Crippen molar-refractivity contribution in [3.63, 3.8) is 0 Å². The summed E-state index contributed by atoms with van der Waals surface area (Å²) in [5.74, 6) is 0.724. The zero-order valence-corrected chi connectivity index (χ0v) is 13.8. The van der Waals surface area contributed by atoms with Crippen LogP contribution in [0.4, 0.5) is 0 Å². The SMILES string of the molecule is O=C(NCCCOc1ccccc1)c1ccccc1-c1cncnc1. The van der Waals surface area contributed by atoms with E-state index in [2.05, 4.69) is 15.3 Å². The predicted molar refractivity (Wildman–Crippen MR) is 96.4 cm³/mol. The van der Waals surface area contributed by atoms with Crippen molar-refractivity contribution in [3.8, 4) is 16.9 Å². The second kappa shape index (κ2) is 8.59. The van der Waals surface area contributed by atoms with Gasteiger partial charge in [-0.2, -0.15) is 0 Å². The summed E-state index contributed by atoms with van der Waals surface area (Å²) >= 11 is 0. The Bertz CT molecular complexity index is 807. The van der Waals surface area contributed by atoms with Crippen LogP contribution in [0.15, 0.2) is 73.3 Å². The van der Waals surface area contributed by atoms with Gasteiger partial charge < -0.3 is 10.1 Å². The van der Waals surface area contributed by atoms with Gasteiger partial charge in [-0.15, -0.1) is 0 Å². The Labute approximate surface area is 146 Å². The topological polar surface area (TPSA) is 64.1 Å². The second-order valence-corrected chi connectivity index (χ2v) is 5.44. The first kappa shape index (κ1) is 16.6. The first-order valence-electron chi connectivity index (χ1n) is 8.15. The Balaban J connectivity index is 1.54. The Morgan fingerprint density at radius 3 is 2.48 bits per heavy atom. The van der Waals surface area contributed by atoms with Crippen LogP contribution < -0.4 is 10.1 Å². The minimum absolute atomic E-state index is 0.112. The van der Waals surface area contributed by atoms with E-state index < -0.39 is 0 Å². The number of ether oxygens (including phenoxy) is 1. The lowest BCUT2D eigenvalue weighted by molar-refractivity contribution is 0.0952. The Morgan fingerprint density at radius 1 is 0.960 bits per heavy atom. The van der Waals surface area contributed by atoms with Gasteiger partial charge in [0, 0.05) is 30.1 Å². The van der Waals surface area contributed by atoms with E-state index in [9.17, 15) is 4.79 Å². The van der Waals surface area contributed by atoms with Crippen LogP contribution in [-0.2, 0) is 0 Å². The van der Waals surface area contributed by atoms with Crippen LogP contribution in [0.25, 0.3) is 11.1 Å². The number of nitrogens with one attached hydrogen (secondary N) is 1. The van der Waals surface area contributed by atoms with Crippen LogP contribution in [0.1, 0.15) is 16.8 Å². The molecule has 1 heterocycles. The minimum Gasteiger partial charge on any atom is -0.494 e. The molecule has 5 heteroatoms. The lowest BCUT2D eigenvalue weighted by Gasteiger charge is -2.10. The van der Waals surface area contributed by atoms with E-state index in [4.69, 9.17) is 4.74 Å². The summed E-state index contributed by atoms with van der Waals surface area (Å²) < 4.78 is 5.62. The van der Waals surface area contributed by atoms with Crippen molar-refractivity contribution in [2.24, 2.45) is 0 Å². The number of para-hydroxylation sites is 1. The lowest BCUT2D eigenvalue weighted by atomic mass is 10.0. The molecule has 0 saturated carbocycles. The van der Waals surface area contributed by atoms with Crippen LogP contribution >= 0.6 is 0 Å². The number of rotatable bonds is 7. The number of carbonyl (C=O) groups is 1. The molecule has 0 aliphatic heterocycles. The normalized spacial score (nSPS) is 10.2. The van der Waals surface area contributed by atoms with Crippen molar-refractivity contribution < 1.29 is 9.53 Å². The molecule has 0 aliphatic carbocycles. The summed E-state index contributed by atoms with van der Waals surface area (Å²) in [4.78, 5) is 20.5. The minimum atomic E-state index is -0.112. The van der Waals surface area contributed by atoms with Gasteiger partial charge in [0.2, 0.25) is 0 Å². The highest BCUT2D eigenvalue weighted by Crippen LogP contribution is 2.21. The van der Waals surface area contributed by atoms with Gasteiger partial charge in [-0.1, -0.05) is 36.4 Å². The van der Waals surface area contributed by atoms with Gasteiger partial charge >= 0.3 is 0 Å². The molecule has 0 saturated heterocycles. The maximum Gasteiger partial charge on any atom is 0.251 e. The molecular weight excluding hydrogens is 314 g/mol. The number of carbonyl (C=O) groups excluding carboxylic acids is 1. The van der Waals surface area contributed by atoms with E-state index in [-0.39, 0.29) is 5.91 Å². The molecule has 0 atom stereocenters. The predicted octanol–water partition coefficient (Wildman–Crippen LogP) is 3.34. The largest absolute Gasteiger partial charge is 0.494 e. The van der Waals surface area contributed by atoms with E-state index in [1.165, 1.54) is 6.33 Å². The zero-order chi connectivity index (χ0) is 17.3. The molecule has 2 aromatic carbocycles. The Hall–Kier alpha value is -3.21. The molecule has 0 spiro atoms. The number of benzene rings is 2. The molecule has 0 unspecified atom stereocenters. The molecule has 0 radical (unpaired) electrons. The summed E-state index contributed by atoms with van der Waals surface area (Å²) in [6.07, 6.45) is 5.61. The van der Waals surface area contributed by atoms with Crippen molar-refractivity contribution in [2.45, 2.75) is 6.42 Å². The van der Waals surface area contributed by atoms with Gasteiger partial charge in [-0.3, -0.25) is 4.79 Å². The second-order valence-electron chi connectivity index (χ2n) is 5.44. The standard InChI is InChI=1S/C20H19N3O2/c24-20(23-11-6-12-25-17-7-2-1-3-8-17)19-10-5-4-9-18(19)16-13-21-15-22-14-16/h1-5,7-10,13-15H,6,11-12H2,(H,23,24). The maximum absolute atomic E-state index is 12.5. The number of amides is 1. The lowest BCUT2D eigenvalue weighted by Crippen LogP contribution is -2.26. The molecule has 1 aromatic heterocycles. The summed E-state index contributed by atoms with van der Waals surface area (Å²) in [6.45, 7) is 1.10. The van der Waals surface area contributed by atoms with E-state index >= 15 is 0 Å². The van der Waals surface area contributed by atoms with Crippen molar-refractivity contribution in [2.75, 3.05) is 13.2 Å². The van der Waals surface area contributed by atoms with Gasteiger partial charge in [-0.05, 0) is 30.2 Å². The summed E-state index contributed by atoms with van der Waals surface area (Å²) in [5, 5.41) is 2.94. The average Bonchev–Trinajstić information content (AvgIpc) is 2.69. The first-order chi connectivity index (χ1) is 12.3. The highest BCUT2D eigenvalue weighted by atomic mass is 16.5. The smallest absolute Gasteiger partial charge is 0.251 e. The Morgan fingerprint density at radius 2 is 1.68 bits per heavy atom. The quantitative estimate of drug-likeness (QED) is 0.674. The highest BCUT2D eigenvalue weighted by Gasteiger charge is 2.12. The zero-order valence-electron chi connectivity index (χ0n) is 13.8. The van der Waals surface area contributed by atoms with E-state index in [1.54, 1.807) is 18.5 Å². The maximum atomic E-state index is 12.5. The number of hydrogen-bond donors (Lipinski definition) is 1. The van der Waals surface area contributed by atoms with Gasteiger partial charge in [0.1, 0.15) is 12.1 Å². The third-order valence-electron chi connectivity index (χ3n) is 3.66. The van der Waals surface area contributed by atoms with Crippen LogP contribution in [0.2, 0.25) is 0 Å². The van der Waals surface area contributed by atoms with Gasteiger partial charge in [-0.25, -0.2) is 9.97 Å². The van der Waals surface area contributed by atoms with Crippen molar-refractivity contribution >= 4 is 5.91 Å². The van der Waals surface area contributed by atoms with E-state index in [0.717, 1.165) is 23.3 Å². The first-order valence-corrected chi connectivity index (χ1v) is 8.15. The van der Waals surface area contributed by atoms with E-state index in [0.29, 0.717) is 18.7 Å². The fraction of sp³-hybridized carbons (Fsp3) is 0.150. The van der Waals surface area contributed by atoms with Crippen molar-refractivity contribution in [3.05, 3.63) is 78.9 Å². The summed E-state index contributed by atoms with van der Waals surface area (Å²) in [5.41, 5.74) is 2.25. The molecule has 3 rings (SSSR count). The molecule has 5 nitrogen and oxygen atoms in total. The van der Waals surface area contributed by atoms with Gasteiger partial charge in [0.15, 0.2) is 0 Å². The van der Waals surface area contributed by atoms with Crippen LogP contribution in [-0.4, -0.2) is 29.0 Å². The molecule has 1 N–H and O–H groups in total. The summed E-state index contributed by atoms with van der Waals surface area (Å²) in [7, 11) is 0. The van der Waals surface area contributed by atoms with Gasteiger partial charge in [0.25, 0.3) is 5.91 Å². The molecule has 0 fully saturated rings. The average molecular weight is 333 g/mol. The fourth-order valence-corrected chi connectivity index (χ4v) is 2.45.